The average molecular weight is 241 g/mol. The van der Waals surface area contributed by atoms with E-state index in [1.54, 1.807) is 0 Å². The smallest absolute Gasteiger partial charge is 0.322 e. The summed E-state index contributed by atoms with van der Waals surface area (Å²) in [6, 6.07) is -0.170. The number of hydrogen-bond acceptors (Lipinski definition) is 4. The van der Waals surface area contributed by atoms with Gasteiger partial charge in [0, 0.05) is 18.6 Å². The molecule has 1 unspecified atom stereocenters. The topological polar surface area (TPSA) is 47.6 Å². The van der Waals surface area contributed by atoms with Gasteiger partial charge in [0.15, 0.2) is 0 Å². The minimum atomic E-state index is -0.170. The summed E-state index contributed by atoms with van der Waals surface area (Å²) in [5.74, 6) is -0.155. The number of carbonyl (C=O) groups excluding carboxylic acids is 1. The summed E-state index contributed by atoms with van der Waals surface area (Å²) in [6.45, 7) is 3.76. The number of carbonyl (C=O) groups is 1. The summed E-state index contributed by atoms with van der Waals surface area (Å²) in [5.41, 5.74) is 0.279. The number of esters is 1. The highest BCUT2D eigenvalue weighted by Gasteiger charge is 2.47. The van der Waals surface area contributed by atoms with Crippen LogP contribution in [0, 0.1) is 5.41 Å². The lowest BCUT2D eigenvalue weighted by atomic mass is 9.82. The van der Waals surface area contributed by atoms with E-state index in [-0.39, 0.29) is 17.4 Å². The highest BCUT2D eigenvalue weighted by molar-refractivity contribution is 5.75. The van der Waals surface area contributed by atoms with Crippen molar-refractivity contribution in [3.8, 4) is 0 Å². The van der Waals surface area contributed by atoms with Gasteiger partial charge in [0.25, 0.3) is 0 Å². The maximum absolute atomic E-state index is 11.5. The Morgan fingerprint density at radius 2 is 2.41 bits per heavy atom. The molecule has 1 heterocycles. The van der Waals surface area contributed by atoms with Crippen molar-refractivity contribution in [2.24, 2.45) is 5.41 Å². The van der Waals surface area contributed by atoms with Crippen LogP contribution in [-0.4, -0.2) is 38.4 Å². The highest BCUT2D eigenvalue weighted by atomic mass is 16.5. The predicted molar refractivity (Wildman–Crippen MR) is 64.7 cm³/mol. The van der Waals surface area contributed by atoms with E-state index in [4.69, 9.17) is 9.47 Å². The van der Waals surface area contributed by atoms with Crippen molar-refractivity contribution in [3.63, 3.8) is 0 Å². The van der Waals surface area contributed by atoms with Crippen LogP contribution in [0.15, 0.2) is 0 Å². The Morgan fingerprint density at radius 3 is 3.12 bits per heavy atom. The molecular formula is C13H23NO3. The van der Waals surface area contributed by atoms with Gasteiger partial charge < -0.3 is 14.8 Å². The maximum atomic E-state index is 11.5. The van der Waals surface area contributed by atoms with Gasteiger partial charge in [-0.2, -0.15) is 0 Å². The molecule has 17 heavy (non-hydrogen) atoms. The van der Waals surface area contributed by atoms with Crippen LogP contribution in [-0.2, 0) is 14.3 Å². The second-order valence-corrected chi connectivity index (χ2v) is 5.23. The number of ether oxygens (including phenoxy) is 2. The van der Waals surface area contributed by atoms with Crippen molar-refractivity contribution >= 4 is 5.97 Å². The highest BCUT2D eigenvalue weighted by Crippen LogP contribution is 2.46. The molecule has 0 bridgehead atoms. The Bertz CT molecular complexity index is 270. The summed E-state index contributed by atoms with van der Waals surface area (Å²) >= 11 is 0. The lowest BCUT2D eigenvalue weighted by molar-refractivity contribution is -0.143. The normalized spacial score (nSPS) is 33.4. The Balaban J connectivity index is 1.90. The fourth-order valence-electron chi connectivity index (χ4n) is 3.21. The summed E-state index contributed by atoms with van der Waals surface area (Å²) in [7, 11) is 1.45. The van der Waals surface area contributed by atoms with E-state index in [9.17, 15) is 4.79 Å². The van der Waals surface area contributed by atoms with Gasteiger partial charge in [-0.05, 0) is 25.7 Å². The SMILES string of the molecule is CCC(NC[C@]12CCC[C@H]1OCC2)C(=O)OC. The Morgan fingerprint density at radius 1 is 1.59 bits per heavy atom. The Labute approximate surface area is 103 Å². The lowest BCUT2D eigenvalue weighted by Crippen LogP contribution is -2.45. The van der Waals surface area contributed by atoms with Crippen LogP contribution in [0.25, 0.3) is 0 Å². The molecule has 3 atom stereocenters. The summed E-state index contributed by atoms with van der Waals surface area (Å²) in [6.07, 6.45) is 5.96. The van der Waals surface area contributed by atoms with Crippen molar-refractivity contribution in [2.45, 2.75) is 51.2 Å². The Kier molecular flexibility index (Phi) is 4.05. The zero-order valence-corrected chi connectivity index (χ0v) is 10.8. The number of nitrogens with one attached hydrogen (secondary N) is 1. The summed E-state index contributed by atoms with van der Waals surface area (Å²) < 4.78 is 10.6. The minimum absolute atomic E-state index is 0.155. The van der Waals surface area contributed by atoms with Gasteiger partial charge in [-0.3, -0.25) is 4.79 Å². The van der Waals surface area contributed by atoms with E-state index in [0.717, 1.165) is 26.0 Å². The van der Waals surface area contributed by atoms with Gasteiger partial charge >= 0.3 is 5.97 Å². The first-order chi connectivity index (χ1) is 8.22. The molecule has 0 radical (unpaired) electrons. The van der Waals surface area contributed by atoms with Crippen LogP contribution in [0.5, 0.6) is 0 Å². The van der Waals surface area contributed by atoms with Crippen LogP contribution in [0.4, 0.5) is 0 Å². The summed E-state index contributed by atoms with van der Waals surface area (Å²) in [4.78, 5) is 11.5. The fraction of sp³-hybridized carbons (Fsp3) is 0.923. The van der Waals surface area contributed by atoms with Crippen LogP contribution < -0.4 is 5.32 Å². The van der Waals surface area contributed by atoms with E-state index in [1.165, 1.54) is 26.4 Å². The van der Waals surface area contributed by atoms with E-state index in [2.05, 4.69) is 5.32 Å². The molecule has 1 N–H and O–H groups in total. The molecule has 0 aromatic carbocycles. The van der Waals surface area contributed by atoms with Gasteiger partial charge in [0.05, 0.1) is 13.2 Å². The first-order valence-electron chi connectivity index (χ1n) is 6.64. The number of methoxy groups -OCH3 is 1. The molecule has 0 aromatic rings. The number of rotatable bonds is 5. The molecule has 1 aliphatic heterocycles. The van der Waals surface area contributed by atoms with Crippen molar-refractivity contribution in [2.75, 3.05) is 20.3 Å². The molecule has 4 heteroatoms. The number of fused-ring (bicyclic) bond motifs is 1. The lowest BCUT2D eigenvalue weighted by Gasteiger charge is -2.29. The van der Waals surface area contributed by atoms with Gasteiger partial charge in [-0.1, -0.05) is 13.3 Å². The molecule has 98 valence electrons. The van der Waals surface area contributed by atoms with Gasteiger partial charge in [0.2, 0.25) is 0 Å². The average Bonchev–Trinajstić information content (AvgIpc) is 2.88. The first-order valence-corrected chi connectivity index (χ1v) is 6.64. The molecule has 0 amide bonds. The third kappa shape index (κ3) is 2.47. The van der Waals surface area contributed by atoms with Crippen molar-refractivity contribution in [3.05, 3.63) is 0 Å². The van der Waals surface area contributed by atoms with E-state index in [0.29, 0.717) is 6.10 Å². The monoisotopic (exact) mass is 241 g/mol. The second kappa shape index (κ2) is 5.36. The molecule has 1 aliphatic carbocycles. The van der Waals surface area contributed by atoms with Crippen molar-refractivity contribution in [1.29, 1.82) is 0 Å². The number of hydrogen-bond donors (Lipinski definition) is 1. The van der Waals surface area contributed by atoms with E-state index < -0.39 is 0 Å². The molecule has 0 spiro atoms. The fourth-order valence-corrected chi connectivity index (χ4v) is 3.21. The molecule has 0 aromatic heterocycles. The first kappa shape index (κ1) is 12.8. The van der Waals surface area contributed by atoms with Crippen LogP contribution in [0.2, 0.25) is 0 Å². The van der Waals surface area contributed by atoms with E-state index >= 15 is 0 Å². The van der Waals surface area contributed by atoms with Crippen LogP contribution >= 0.6 is 0 Å². The third-order valence-electron chi connectivity index (χ3n) is 4.34. The zero-order valence-electron chi connectivity index (χ0n) is 10.8. The Hall–Kier alpha value is -0.610. The van der Waals surface area contributed by atoms with Gasteiger partial charge in [0.1, 0.15) is 6.04 Å². The van der Waals surface area contributed by atoms with Crippen LogP contribution in [0.3, 0.4) is 0 Å². The molecule has 2 fully saturated rings. The zero-order chi connectivity index (χ0) is 12.3. The van der Waals surface area contributed by atoms with Crippen molar-refractivity contribution < 1.29 is 14.3 Å². The molecule has 1 saturated heterocycles. The predicted octanol–water partition coefficient (Wildman–Crippen LogP) is 1.49. The quantitative estimate of drug-likeness (QED) is 0.741. The second-order valence-electron chi connectivity index (χ2n) is 5.23. The third-order valence-corrected chi connectivity index (χ3v) is 4.34. The van der Waals surface area contributed by atoms with Crippen molar-refractivity contribution in [1.82, 2.24) is 5.32 Å². The van der Waals surface area contributed by atoms with E-state index in [1.807, 2.05) is 6.92 Å². The maximum Gasteiger partial charge on any atom is 0.322 e. The molecule has 4 nitrogen and oxygen atoms in total. The molecular weight excluding hydrogens is 218 g/mol. The molecule has 2 rings (SSSR count). The standard InChI is InChI=1S/C13H23NO3/c1-3-10(12(15)16-2)14-9-13-6-4-5-11(13)17-8-7-13/h10-11,14H,3-9H2,1-2H3/t10?,11-,13-/m1/s1. The minimum Gasteiger partial charge on any atom is -0.468 e. The molecule has 2 aliphatic rings. The largest absolute Gasteiger partial charge is 0.468 e. The van der Waals surface area contributed by atoms with Gasteiger partial charge in [-0.25, -0.2) is 0 Å². The van der Waals surface area contributed by atoms with Crippen LogP contribution in [0.1, 0.15) is 39.0 Å². The molecule has 1 saturated carbocycles. The summed E-state index contributed by atoms with van der Waals surface area (Å²) in [5, 5.41) is 3.37. The van der Waals surface area contributed by atoms with Gasteiger partial charge in [-0.15, -0.1) is 0 Å².